The second-order valence-corrected chi connectivity index (χ2v) is 4.21. The summed E-state index contributed by atoms with van der Waals surface area (Å²) in [5.41, 5.74) is -0.294. The molecule has 1 rings (SSSR count). The van der Waals surface area contributed by atoms with E-state index in [0.29, 0.717) is 0 Å². The highest BCUT2D eigenvalue weighted by Gasteiger charge is 2.34. The zero-order valence-corrected chi connectivity index (χ0v) is 10.0. The molecule has 0 aliphatic carbocycles. The second kappa shape index (κ2) is 5.14. The van der Waals surface area contributed by atoms with Gasteiger partial charge < -0.3 is 4.74 Å². The third-order valence-electron chi connectivity index (χ3n) is 1.81. The molecular weight excluding hydrogens is 280 g/mol. The molecule has 1 aromatic carbocycles. The minimum atomic E-state index is -4.92. The molecule has 1 unspecified atom stereocenters. The predicted molar refractivity (Wildman–Crippen MR) is 57.8 cm³/mol. The lowest BCUT2D eigenvalue weighted by atomic mass is 10.1. The number of hydrogen-bond acceptors (Lipinski definition) is 2. The van der Waals surface area contributed by atoms with Gasteiger partial charge in [-0.25, -0.2) is 0 Å². The molecule has 2 nitrogen and oxygen atoms in total. The summed E-state index contributed by atoms with van der Waals surface area (Å²) in [7, 11) is 0. The third kappa shape index (κ3) is 3.78. The average Bonchev–Trinajstić information content (AvgIpc) is 2.18. The van der Waals surface area contributed by atoms with Crippen LogP contribution >= 0.6 is 23.2 Å². The zero-order chi connectivity index (χ0) is 13.2. The lowest BCUT2D eigenvalue weighted by Gasteiger charge is -2.14. The number of para-hydroxylation sites is 1. The average molecular weight is 287 g/mol. The minimum Gasteiger partial charge on any atom is -0.403 e. The van der Waals surface area contributed by atoms with Gasteiger partial charge in [0.25, 0.3) is 0 Å². The van der Waals surface area contributed by atoms with E-state index in [4.69, 9.17) is 23.2 Å². The summed E-state index contributed by atoms with van der Waals surface area (Å²) in [5.74, 6) is -1.41. The van der Waals surface area contributed by atoms with Crippen molar-refractivity contribution in [2.24, 2.45) is 0 Å². The SMILES string of the molecule is CC(Cl)C(=O)c1cccc(Cl)c1OC(F)(F)F. The maximum absolute atomic E-state index is 12.1. The Morgan fingerprint density at radius 1 is 1.41 bits per heavy atom. The topological polar surface area (TPSA) is 26.3 Å². The van der Waals surface area contributed by atoms with Crippen LogP contribution in [0.15, 0.2) is 18.2 Å². The van der Waals surface area contributed by atoms with Crippen LogP contribution in [0.1, 0.15) is 17.3 Å². The predicted octanol–water partition coefficient (Wildman–Crippen LogP) is 4.05. The van der Waals surface area contributed by atoms with Gasteiger partial charge in [0.2, 0.25) is 0 Å². The van der Waals surface area contributed by atoms with Crippen molar-refractivity contribution in [2.45, 2.75) is 18.7 Å². The van der Waals surface area contributed by atoms with Gasteiger partial charge in [-0.1, -0.05) is 17.7 Å². The van der Waals surface area contributed by atoms with Crippen molar-refractivity contribution in [1.29, 1.82) is 0 Å². The fraction of sp³-hybridized carbons (Fsp3) is 0.300. The summed E-state index contributed by atoms with van der Waals surface area (Å²) in [4.78, 5) is 11.6. The van der Waals surface area contributed by atoms with E-state index in [1.807, 2.05) is 0 Å². The first kappa shape index (κ1) is 14.1. The molecule has 0 saturated heterocycles. The van der Waals surface area contributed by atoms with E-state index in [2.05, 4.69) is 4.74 Å². The van der Waals surface area contributed by atoms with Gasteiger partial charge in [-0.2, -0.15) is 0 Å². The molecule has 0 amide bonds. The molecular formula is C10H7Cl2F3O2. The van der Waals surface area contributed by atoms with Crippen LogP contribution in [0.3, 0.4) is 0 Å². The fourth-order valence-electron chi connectivity index (χ4n) is 1.14. The standard InChI is InChI=1S/C10H7Cl2F3O2/c1-5(11)8(16)6-3-2-4-7(12)9(6)17-10(13,14)15/h2-5H,1H3. The Hall–Kier alpha value is -0.940. The first-order valence-corrected chi connectivity index (χ1v) is 5.26. The van der Waals surface area contributed by atoms with E-state index in [1.165, 1.54) is 25.1 Å². The van der Waals surface area contributed by atoms with Gasteiger partial charge in [-0.15, -0.1) is 24.8 Å². The molecule has 0 saturated carbocycles. The van der Waals surface area contributed by atoms with Gasteiger partial charge in [0.1, 0.15) is 0 Å². The smallest absolute Gasteiger partial charge is 0.403 e. The van der Waals surface area contributed by atoms with E-state index < -0.39 is 23.3 Å². The first-order chi connectivity index (χ1) is 7.72. The summed E-state index contributed by atoms with van der Waals surface area (Å²) in [5, 5.41) is -1.27. The van der Waals surface area contributed by atoms with Crippen LogP contribution in [0.25, 0.3) is 0 Å². The largest absolute Gasteiger partial charge is 0.573 e. The monoisotopic (exact) mass is 286 g/mol. The van der Waals surface area contributed by atoms with Gasteiger partial charge in [0.15, 0.2) is 11.5 Å². The van der Waals surface area contributed by atoms with Crippen LogP contribution in [-0.2, 0) is 0 Å². The highest BCUT2D eigenvalue weighted by Crippen LogP contribution is 2.34. The number of halogens is 5. The van der Waals surface area contributed by atoms with Crippen molar-refractivity contribution in [3.8, 4) is 5.75 Å². The molecule has 0 aliphatic rings. The summed E-state index contributed by atoms with van der Waals surface area (Å²) in [6.07, 6.45) is -4.92. The lowest BCUT2D eigenvalue weighted by molar-refractivity contribution is -0.274. The molecule has 17 heavy (non-hydrogen) atoms. The Labute approximate surface area is 105 Å². The highest BCUT2D eigenvalue weighted by atomic mass is 35.5. The zero-order valence-electron chi connectivity index (χ0n) is 8.52. The Bertz CT molecular complexity index is 430. The van der Waals surface area contributed by atoms with Gasteiger partial charge in [-0.3, -0.25) is 4.79 Å². The van der Waals surface area contributed by atoms with E-state index in [-0.39, 0.29) is 10.6 Å². The Morgan fingerprint density at radius 2 is 2.00 bits per heavy atom. The molecule has 1 aromatic rings. The van der Waals surface area contributed by atoms with Gasteiger partial charge in [0, 0.05) is 0 Å². The molecule has 0 aliphatic heterocycles. The first-order valence-electron chi connectivity index (χ1n) is 4.45. The molecule has 7 heteroatoms. The van der Waals surface area contributed by atoms with E-state index in [1.54, 1.807) is 0 Å². The molecule has 94 valence electrons. The molecule has 0 radical (unpaired) electrons. The summed E-state index contributed by atoms with van der Waals surface area (Å²) < 4.78 is 40.1. The van der Waals surface area contributed by atoms with Crippen LogP contribution in [0.4, 0.5) is 13.2 Å². The Kier molecular flexibility index (Phi) is 4.27. The van der Waals surface area contributed by atoms with Crippen molar-refractivity contribution in [2.75, 3.05) is 0 Å². The Balaban J connectivity index is 3.22. The summed E-state index contributed by atoms with van der Waals surface area (Å²) >= 11 is 11.1. The maximum atomic E-state index is 12.1. The number of ketones is 1. The number of carbonyl (C=O) groups excluding carboxylic acids is 1. The van der Waals surface area contributed by atoms with Gasteiger partial charge in [0.05, 0.1) is 16.0 Å². The van der Waals surface area contributed by atoms with Gasteiger partial charge >= 0.3 is 6.36 Å². The normalized spacial score (nSPS) is 13.3. The summed E-state index contributed by atoms with van der Waals surface area (Å²) in [6, 6.07) is 3.71. The molecule has 0 N–H and O–H groups in total. The van der Waals surface area contributed by atoms with Gasteiger partial charge in [-0.05, 0) is 19.1 Å². The number of rotatable bonds is 3. The van der Waals surface area contributed by atoms with Crippen LogP contribution in [-0.4, -0.2) is 17.5 Å². The van der Waals surface area contributed by atoms with Crippen molar-refractivity contribution < 1.29 is 22.7 Å². The molecule has 0 spiro atoms. The van der Waals surface area contributed by atoms with Crippen LogP contribution in [0.5, 0.6) is 5.75 Å². The number of Topliss-reactive ketones (excluding diaryl/α,β-unsaturated/α-hetero) is 1. The minimum absolute atomic E-state index is 0.294. The fourth-order valence-corrected chi connectivity index (χ4v) is 1.47. The molecule has 0 fully saturated rings. The molecule has 0 bridgehead atoms. The van der Waals surface area contributed by atoms with Crippen molar-refractivity contribution in [1.82, 2.24) is 0 Å². The van der Waals surface area contributed by atoms with Crippen molar-refractivity contribution in [3.05, 3.63) is 28.8 Å². The van der Waals surface area contributed by atoms with E-state index in [9.17, 15) is 18.0 Å². The third-order valence-corrected chi connectivity index (χ3v) is 2.31. The van der Waals surface area contributed by atoms with Crippen LogP contribution in [0, 0.1) is 0 Å². The van der Waals surface area contributed by atoms with Crippen LogP contribution in [0.2, 0.25) is 5.02 Å². The number of benzene rings is 1. The molecule has 0 aromatic heterocycles. The van der Waals surface area contributed by atoms with Crippen molar-refractivity contribution >= 4 is 29.0 Å². The van der Waals surface area contributed by atoms with E-state index >= 15 is 0 Å². The summed E-state index contributed by atoms with van der Waals surface area (Å²) in [6.45, 7) is 1.35. The van der Waals surface area contributed by atoms with Crippen LogP contribution < -0.4 is 4.74 Å². The number of carbonyl (C=O) groups is 1. The lowest BCUT2D eigenvalue weighted by Crippen LogP contribution is -2.21. The van der Waals surface area contributed by atoms with Crippen molar-refractivity contribution in [3.63, 3.8) is 0 Å². The number of hydrogen-bond donors (Lipinski definition) is 0. The molecule has 1 atom stereocenters. The number of ether oxygens (including phenoxy) is 1. The number of alkyl halides is 4. The maximum Gasteiger partial charge on any atom is 0.573 e. The Morgan fingerprint density at radius 3 is 2.47 bits per heavy atom. The highest BCUT2D eigenvalue weighted by molar-refractivity contribution is 6.36. The van der Waals surface area contributed by atoms with E-state index in [0.717, 1.165) is 0 Å². The quantitative estimate of drug-likeness (QED) is 0.619. The molecule has 0 heterocycles. The second-order valence-electron chi connectivity index (χ2n) is 3.14.